The van der Waals surface area contributed by atoms with E-state index in [4.69, 9.17) is 0 Å². The Balaban J connectivity index is 3.99. The standard InChI is InChI=1S/C10H18N2O2/c1-4-5-6-7-8-12(14)11-9(2)10(3)13/h7-9H,4-6H2,1-3H3/b8-7+,12-11?/t9-/m0/s1. The van der Waals surface area contributed by atoms with Crippen molar-refractivity contribution in [1.82, 2.24) is 0 Å². The van der Waals surface area contributed by atoms with Crippen LogP contribution in [0.2, 0.25) is 0 Å². The van der Waals surface area contributed by atoms with E-state index in [1.165, 1.54) is 13.1 Å². The molecule has 0 aliphatic carbocycles. The zero-order chi connectivity index (χ0) is 11.0. The zero-order valence-corrected chi connectivity index (χ0v) is 9.06. The molecule has 0 fully saturated rings. The first-order valence-corrected chi connectivity index (χ1v) is 4.92. The normalized spacial score (nSPS) is 14.6. The molecule has 4 nitrogen and oxygen atoms in total. The van der Waals surface area contributed by atoms with Crippen LogP contribution in [0.3, 0.4) is 0 Å². The summed E-state index contributed by atoms with van der Waals surface area (Å²) in [6.45, 7) is 5.11. The molecule has 0 bridgehead atoms. The van der Waals surface area contributed by atoms with Crippen LogP contribution in [0.5, 0.6) is 0 Å². The van der Waals surface area contributed by atoms with Crippen LogP contribution in [0.4, 0.5) is 0 Å². The van der Waals surface area contributed by atoms with E-state index in [0.717, 1.165) is 19.3 Å². The van der Waals surface area contributed by atoms with Crippen molar-refractivity contribution in [1.29, 1.82) is 0 Å². The number of carbonyl (C=O) groups excluding carboxylic acids is 1. The van der Waals surface area contributed by atoms with E-state index in [9.17, 15) is 10.0 Å². The Morgan fingerprint density at radius 1 is 1.64 bits per heavy atom. The van der Waals surface area contributed by atoms with Crippen LogP contribution >= 0.6 is 0 Å². The minimum Gasteiger partial charge on any atom is -0.595 e. The van der Waals surface area contributed by atoms with Crippen LogP contribution in [-0.2, 0) is 4.79 Å². The number of rotatable bonds is 6. The van der Waals surface area contributed by atoms with E-state index >= 15 is 0 Å². The molecule has 0 rings (SSSR count). The second-order valence-electron chi connectivity index (χ2n) is 3.23. The van der Waals surface area contributed by atoms with Gasteiger partial charge >= 0.3 is 0 Å². The summed E-state index contributed by atoms with van der Waals surface area (Å²) in [4.78, 5) is 11.2. The van der Waals surface area contributed by atoms with Crippen LogP contribution < -0.4 is 0 Å². The first kappa shape index (κ1) is 12.8. The van der Waals surface area contributed by atoms with Crippen molar-refractivity contribution >= 4 is 5.78 Å². The summed E-state index contributed by atoms with van der Waals surface area (Å²) < 4.78 is 0. The third kappa shape index (κ3) is 6.34. The van der Waals surface area contributed by atoms with Gasteiger partial charge in [-0.3, -0.25) is 4.79 Å². The second-order valence-corrected chi connectivity index (χ2v) is 3.23. The van der Waals surface area contributed by atoms with Crippen LogP contribution in [0, 0.1) is 5.21 Å². The summed E-state index contributed by atoms with van der Waals surface area (Å²) >= 11 is 0. The van der Waals surface area contributed by atoms with Gasteiger partial charge in [0.05, 0.1) is 0 Å². The molecular formula is C10H18N2O2. The van der Waals surface area contributed by atoms with Gasteiger partial charge in [0, 0.05) is 0 Å². The number of allylic oxidation sites excluding steroid dienone is 1. The lowest BCUT2D eigenvalue weighted by atomic mass is 10.2. The van der Waals surface area contributed by atoms with E-state index in [1.807, 2.05) is 0 Å². The molecule has 0 saturated carbocycles. The summed E-state index contributed by atoms with van der Waals surface area (Å²) in [5, 5.41) is 14.6. The average Bonchev–Trinajstić information content (AvgIpc) is 2.12. The number of hydrogen-bond acceptors (Lipinski definition) is 3. The van der Waals surface area contributed by atoms with Crippen LogP contribution in [0.1, 0.15) is 40.0 Å². The summed E-state index contributed by atoms with van der Waals surface area (Å²) in [5.74, 6) is -0.104. The van der Waals surface area contributed by atoms with E-state index in [1.54, 1.807) is 13.0 Å². The molecule has 0 aliphatic rings. The highest BCUT2D eigenvalue weighted by molar-refractivity contribution is 5.80. The van der Waals surface area contributed by atoms with Crippen molar-refractivity contribution in [2.24, 2.45) is 5.11 Å². The Bertz CT molecular complexity index is 234. The van der Waals surface area contributed by atoms with Crippen molar-refractivity contribution in [3.63, 3.8) is 0 Å². The molecule has 0 unspecified atom stereocenters. The van der Waals surface area contributed by atoms with Crippen molar-refractivity contribution in [3.05, 3.63) is 17.5 Å². The van der Waals surface area contributed by atoms with Gasteiger partial charge in [0.15, 0.2) is 11.8 Å². The Morgan fingerprint density at radius 2 is 2.29 bits per heavy atom. The molecule has 0 aromatic rings. The van der Waals surface area contributed by atoms with Gasteiger partial charge in [-0.1, -0.05) is 18.2 Å². The van der Waals surface area contributed by atoms with E-state index in [0.29, 0.717) is 4.86 Å². The maximum Gasteiger partial charge on any atom is 0.205 e. The minimum absolute atomic E-state index is 0.104. The van der Waals surface area contributed by atoms with Gasteiger partial charge in [0.1, 0.15) is 0 Å². The monoisotopic (exact) mass is 198 g/mol. The average molecular weight is 198 g/mol. The third-order valence-corrected chi connectivity index (χ3v) is 1.83. The van der Waals surface area contributed by atoms with Crippen molar-refractivity contribution < 1.29 is 9.66 Å². The molecule has 0 amide bonds. The lowest BCUT2D eigenvalue weighted by Crippen LogP contribution is -2.12. The predicted octanol–water partition coefficient (Wildman–Crippen LogP) is 2.63. The molecule has 1 atom stereocenters. The number of unbranched alkanes of at least 4 members (excludes halogenated alkanes) is 2. The fourth-order valence-corrected chi connectivity index (χ4v) is 0.777. The number of carbonyl (C=O) groups is 1. The fraction of sp³-hybridized carbons (Fsp3) is 0.700. The smallest absolute Gasteiger partial charge is 0.205 e. The van der Waals surface area contributed by atoms with Gasteiger partial charge in [0.25, 0.3) is 0 Å². The fourth-order valence-electron chi connectivity index (χ4n) is 0.777. The number of ketones is 1. The molecule has 0 heterocycles. The molecule has 4 heteroatoms. The maximum atomic E-state index is 11.0. The SMILES string of the molecule is CCCC/C=C/[N+]([O-])=N[C@@H](C)C(C)=O. The van der Waals surface area contributed by atoms with E-state index in [2.05, 4.69) is 12.0 Å². The Labute approximate surface area is 84.9 Å². The molecule has 80 valence electrons. The number of Topliss-reactive ketones (excluding diaryl/α,β-unsaturated/α-hetero) is 1. The van der Waals surface area contributed by atoms with Gasteiger partial charge in [0.2, 0.25) is 6.20 Å². The van der Waals surface area contributed by atoms with E-state index < -0.39 is 6.04 Å². The first-order valence-electron chi connectivity index (χ1n) is 4.92. The van der Waals surface area contributed by atoms with Gasteiger partial charge in [-0.15, -0.1) is 0 Å². The summed E-state index contributed by atoms with van der Waals surface area (Å²) in [6, 6.07) is -0.552. The Hall–Kier alpha value is -1.19. The largest absolute Gasteiger partial charge is 0.595 e. The number of azo groups is 1. The number of hydrogen-bond donors (Lipinski definition) is 0. The van der Waals surface area contributed by atoms with Gasteiger partial charge in [-0.05, 0) is 37.9 Å². The molecule has 14 heavy (non-hydrogen) atoms. The summed E-state index contributed by atoms with van der Waals surface area (Å²) in [7, 11) is 0. The molecule has 0 aliphatic heterocycles. The van der Waals surface area contributed by atoms with Crippen LogP contribution in [0.25, 0.3) is 0 Å². The number of nitrogens with zero attached hydrogens (tertiary/aromatic N) is 2. The van der Waals surface area contributed by atoms with Crippen molar-refractivity contribution in [3.8, 4) is 0 Å². The van der Waals surface area contributed by atoms with E-state index in [-0.39, 0.29) is 5.78 Å². The summed E-state index contributed by atoms with van der Waals surface area (Å²) in [6.07, 6.45) is 6.16. The van der Waals surface area contributed by atoms with Gasteiger partial charge < -0.3 is 5.21 Å². The predicted molar refractivity (Wildman–Crippen MR) is 54.9 cm³/mol. The Kier molecular flexibility index (Phi) is 6.62. The topological polar surface area (TPSA) is 55.5 Å². The molecule has 0 saturated heterocycles. The zero-order valence-electron chi connectivity index (χ0n) is 9.06. The molecule has 0 spiro atoms. The second kappa shape index (κ2) is 7.24. The van der Waals surface area contributed by atoms with Crippen molar-refractivity contribution in [2.75, 3.05) is 0 Å². The molecule has 0 N–H and O–H groups in total. The minimum atomic E-state index is -0.552. The highest BCUT2D eigenvalue weighted by Crippen LogP contribution is 1.96. The maximum absolute atomic E-state index is 11.0. The highest BCUT2D eigenvalue weighted by Gasteiger charge is 2.08. The highest BCUT2D eigenvalue weighted by atomic mass is 16.5. The lowest BCUT2D eigenvalue weighted by Gasteiger charge is -1.98. The number of hydroxylamine groups is 1. The van der Waals surface area contributed by atoms with Gasteiger partial charge in [-0.2, -0.15) is 0 Å². The molecule has 0 aromatic carbocycles. The molecule has 0 aromatic heterocycles. The van der Waals surface area contributed by atoms with Crippen LogP contribution in [-0.4, -0.2) is 16.7 Å². The van der Waals surface area contributed by atoms with Crippen LogP contribution in [0.15, 0.2) is 17.4 Å². The molecular weight excluding hydrogens is 180 g/mol. The van der Waals surface area contributed by atoms with Crippen molar-refractivity contribution in [2.45, 2.75) is 46.1 Å². The quantitative estimate of drug-likeness (QED) is 0.285. The first-order chi connectivity index (χ1) is 6.57. The lowest BCUT2D eigenvalue weighted by molar-refractivity contribution is -0.461. The third-order valence-electron chi connectivity index (χ3n) is 1.83. The summed E-state index contributed by atoms with van der Waals surface area (Å²) in [5.41, 5.74) is 0. The molecule has 0 radical (unpaired) electrons. The Morgan fingerprint density at radius 3 is 2.79 bits per heavy atom. The van der Waals surface area contributed by atoms with Gasteiger partial charge in [-0.25, -0.2) is 0 Å².